The summed E-state index contributed by atoms with van der Waals surface area (Å²) in [5.74, 6) is 0. The highest BCUT2D eigenvalue weighted by Gasteiger charge is 2.51. The Kier molecular flexibility index (Phi) is 15.3. The van der Waals surface area contributed by atoms with Gasteiger partial charge in [0.15, 0.2) is 6.29 Å². The van der Waals surface area contributed by atoms with Crippen molar-refractivity contribution in [2.45, 2.75) is 80.4 Å². The lowest BCUT2D eigenvalue weighted by Crippen LogP contribution is -2.63. The summed E-state index contributed by atoms with van der Waals surface area (Å²) in [6.45, 7) is 1.55. The van der Waals surface area contributed by atoms with E-state index in [1.165, 1.54) is 0 Å². The first-order valence-corrected chi connectivity index (χ1v) is 17.9. The summed E-state index contributed by atoms with van der Waals surface area (Å²) in [7, 11) is 6.47. The van der Waals surface area contributed by atoms with E-state index in [1.807, 2.05) is 97.3 Å². The van der Waals surface area contributed by atoms with Crippen molar-refractivity contribution in [3.8, 4) is 0 Å². The van der Waals surface area contributed by atoms with Crippen LogP contribution in [0.5, 0.6) is 0 Å². The van der Waals surface area contributed by atoms with Gasteiger partial charge in [-0.25, -0.2) is 0 Å². The highest BCUT2D eigenvalue weighted by atomic mass is 32.2. The summed E-state index contributed by atoms with van der Waals surface area (Å²) in [6.07, 6.45) is -2.70. The normalized spacial score (nSPS) is 30.3. The molecule has 0 bridgehead atoms. The Morgan fingerprint density at radius 2 is 0.959 bits per heavy atom. The van der Waals surface area contributed by atoms with Crippen molar-refractivity contribution < 1.29 is 47.4 Å². The van der Waals surface area contributed by atoms with E-state index in [2.05, 4.69) is 0 Å². The van der Waals surface area contributed by atoms with E-state index < -0.39 is 55.1 Å². The molecule has 0 saturated carbocycles. The Labute approximate surface area is 294 Å². The van der Waals surface area contributed by atoms with Crippen molar-refractivity contribution >= 4 is 11.8 Å². The van der Waals surface area contributed by atoms with Crippen LogP contribution in [0.3, 0.4) is 0 Å². The zero-order chi connectivity index (χ0) is 34.4. The summed E-state index contributed by atoms with van der Waals surface area (Å²) in [5.41, 5.74) is 2.77. The number of hydrogen-bond donors (Lipinski definition) is 0. The number of ether oxygens (including phenoxy) is 10. The zero-order valence-corrected chi connectivity index (χ0v) is 29.8. The lowest BCUT2D eigenvalue weighted by molar-refractivity contribution is -0.325. The van der Waals surface area contributed by atoms with Crippen molar-refractivity contribution in [3.05, 3.63) is 108 Å². The van der Waals surface area contributed by atoms with Crippen molar-refractivity contribution in [2.24, 2.45) is 0 Å². The molecule has 2 aliphatic heterocycles. The topological polar surface area (TPSA) is 92.3 Å². The van der Waals surface area contributed by atoms with Crippen molar-refractivity contribution in [1.82, 2.24) is 0 Å². The Hall–Kier alpha value is -2.39. The molecule has 49 heavy (non-hydrogen) atoms. The Morgan fingerprint density at radius 1 is 0.490 bits per heavy atom. The van der Waals surface area contributed by atoms with Gasteiger partial charge in [0.1, 0.15) is 54.3 Å². The molecule has 268 valence electrons. The van der Waals surface area contributed by atoms with Crippen LogP contribution in [0.25, 0.3) is 0 Å². The standard InChI is InChI=1S/C38H50O10S/c1-39-24-29-31(40-2)33(41-3)35(42-4)37(47-29)46-25-30-32(43-21-26-15-9-6-10-16-26)34(44-22-27-17-11-7-12-18-27)36(38(48-30)49-5)45-23-28-19-13-8-14-20-28/h6-20,29-38H,21-25H2,1-5H3/t29-,30-,31-,32-,33+,34+,35-,36-,37?,38+/m1/s1. The van der Waals surface area contributed by atoms with Crippen LogP contribution in [-0.4, -0.2) is 108 Å². The maximum atomic E-state index is 6.78. The number of methoxy groups -OCH3 is 4. The van der Waals surface area contributed by atoms with Crippen LogP contribution in [0, 0.1) is 0 Å². The molecule has 0 N–H and O–H groups in total. The highest BCUT2D eigenvalue weighted by molar-refractivity contribution is 7.99. The molecule has 2 heterocycles. The van der Waals surface area contributed by atoms with E-state index in [0.29, 0.717) is 26.4 Å². The van der Waals surface area contributed by atoms with Gasteiger partial charge in [0.05, 0.1) is 33.0 Å². The summed E-state index contributed by atoms with van der Waals surface area (Å²) in [4.78, 5) is 0. The second kappa shape index (κ2) is 19.9. The smallest absolute Gasteiger partial charge is 0.187 e. The summed E-state index contributed by atoms with van der Waals surface area (Å²) >= 11 is 1.57. The predicted molar refractivity (Wildman–Crippen MR) is 186 cm³/mol. The first kappa shape index (κ1) is 37.9. The minimum absolute atomic E-state index is 0.130. The third-order valence-electron chi connectivity index (χ3n) is 8.84. The molecule has 2 fully saturated rings. The fourth-order valence-electron chi connectivity index (χ4n) is 6.37. The highest BCUT2D eigenvalue weighted by Crippen LogP contribution is 2.36. The van der Waals surface area contributed by atoms with Crippen LogP contribution >= 0.6 is 11.8 Å². The molecule has 2 aliphatic rings. The first-order valence-electron chi connectivity index (χ1n) is 16.6. The van der Waals surface area contributed by atoms with Crippen LogP contribution < -0.4 is 0 Å². The molecular formula is C38H50O10S. The summed E-state index contributed by atoms with van der Waals surface area (Å²) in [6, 6.07) is 30.3. The van der Waals surface area contributed by atoms with Crippen molar-refractivity contribution in [3.63, 3.8) is 0 Å². The predicted octanol–water partition coefficient (Wildman–Crippen LogP) is 5.26. The lowest BCUT2D eigenvalue weighted by Gasteiger charge is -2.47. The Bertz CT molecular complexity index is 1320. The molecular weight excluding hydrogens is 648 g/mol. The molecule has 1 unspecified atom stereocenters. The van der Waals surface area contributed by atoms with Gasteiger partial charge in [0.2, 0.25) is 0 Å². The summed E-state index contributed by atoms with van der Waals surface area (Å²) in [5, 5.41) is 0. The van der Waals surface area contributed by atoms with E-state index >= 15 is 0 Å². The van der Waals surface area contributed by atoms with Crippen LogP contribution in [0.2, 0.25) is 0 Å². The van der Waals surface area contributed by atoms with E-state index in [1.54, 1.807) is 40.2 Å². The number of benzene rings is 3. The first-order chi connectivity index (χ1) is 24.1. The molecule has 0 aromatic heterocycles. The van der Waals surface area contributed by atoms with E-state index in [4.69, 9.17) is 47.4 Å². The van der Waals surface area contributed by atoms with Gasteiger partial charge in [-0.05, 0) is 22.9 Å². The van der Waals surface area contributed by atoms with Crippen LogP contribution in [0.4, 0.5) is 0 Å². The molecule has 2 saturated heterocycles. The molecule has 3 aromatic rings. The fraction of sp³-hybridized carbons (Fsp3) is 0.526. The molecule has 0 spiro atoms. The monoisotopic (exact) mass is 698 g/mol. The largest absolute Gasteiger partial charge is 0.382 e. The molecule has 0 amide bonds. The SMILES string of the molecule is COC[C@H]1OC(OC[C@H]2O[C@@H](SC)[C@H](OCc3ccccc3)[C@@H](OCc3ccccc3)[C@@H]2OCc2ccccc2)[C@H](OC)[C@@H](OC)[C@@H]1OC. The quantitative estimate of drug-likeness (QED) is 0.174. The lowest BCUT2D eigenvalue weighted by atomic mass is 9.97. The van der Waals surface area contributed by atoms with Gasteiger partial charge in [-0.2, -0.15) is 0 Å². The second-order valence-electron chi connectivity index (χ2n) is 12.0. The van der Waals surface area contributed by atoms with Crippen molar-refractivity contribution in [2.75, 3.05) is 47.9 Å². The molecule has 3 aromatic carbocycles. The molecule has 10 atom stereocenters. The van der Waals surface area contributed by atoms with Gasteiger partial charge in [-0.3, -0.25) is 0 Å². The second-order valence-corrected chi connectivity index (χ2v) is 12.9. The minimum atomic E-state index is -0.789. The van der Waals surface area contributed by atoms with Crippen LogP contribution in [0.1, 0.15) is 16.7 Å². The van der Waals surface area contributed by atoms with Gasteiger partial charge >= 0.3 is 0 Å². The van der Waals surface area contributed by atoms with Crippen molar-refractivity contribution in [1.29, 1.82) is 0 Å². The van der Waals surface area contributed by atoms with Gasteiger partial charge < -0.3 is 47.4 Å². The average Bonchev–Trinajstić information content (AvgIpc) is 3.15. The molecule has 11 heteroatoms. The molecule has 10 nitrogen and oxygen atoms in total. The van der Waals surface area contributed by atoms with Crippen LogP contribution in [-0.2, 0) is 67.2 Å². The maximum Gasteiger partial charge on any atom is 0.187 e. The molecule has 0 radical (unpaired) electrons. The fourth-order valence-corrected chi connectivity index (χ4v) is 7.13. The number of rotatable bonds is 18. The maximum absolute atomic E-state index is 6.78. The third kappa shape index (κ3) is 10.1. The Balaban J connectivity index is 1.42. The average molecular weight is 699 g/mol. The van der Waals surface area contributed by atoms with Gasteiger partial charge in [-0.15, -0.1) is 11.8 Å². The molecule has 5 rings (SSSR count). The zero-order valence-electron chi connectivity index (χ0n) is 29.0. The van der Waals surface area contributed by atoms with Crippen LogP contribution in [0.15, 0.2) is 91.0 Å². The molecule has 0 aliphatic carbocycles. The van der Waals surface area contributed by atoms with E-state index in [9.17, 15) is 0 Å². The van der Waals surface area contributed by atoms with Gasteiger partial charge in [-0.1, -0.05) is 91.0 Å². The number of thioether (sulfide) groups is 1. The van der Waals surface area contributed by atoms with Gasteiger partial charge in [0, 0.05) is 28.4 Å². The van der Waals surface area contributed by atoms with E-state index in [0.717, 1.165) is 16.7 Å². The van der Waals surface area contributed by atoms with E-state index in [-0.39, 0.29) is 12.0 Å². The number of hydrogen-bond acceptors (Lipinski definition) is 11. The third-order valence-corrected chi connectivity index (χ3v) is 9.69. The Morgan fingerprint density at radius 3 is 1.43 bits per heavy atom. The summed E-state index contributed by atoms with van der Waals surface area (Å²) < 4.78 is 62.8. The van der Waals surface area contributed by atoms with Gasteiger partial charge in [0.25, 0.3) is 0 Å². The minimum Gasteiger partial charge on any atom is -0.382 e.